The summed E-state index contributed by atoms with van der Waals surface area (Å²) in [5.74, 6) is -1.38. The van der Waals surface area contributed by atoms with E-state index in [0.29, 0.717) is 25.4 Å². The molecule has 0 fully saturated rings. The van der Waals surface area contributed by atoms with E-state index in [4.69, 9.17) is 18.9 Å². The molecule has 0 bridgehead atoms. The molecule has 0 aromatic heterocycles. The molecule has 0 aliphatic heterocycles. The predicted molar refractivity (Wildman–Crippen MR) is 122 cm³/mol. The minimum absolute atomic E-state index is 0.104. The summed E-state index contributed by atoms with van der Waals surface area (Å²) in [6.45, 7) is 8.56. The molecule has 8 nitrogen and oxygen atoms in total. The van der Waals surface area contributed by atoms with E-state index >= 15 is 0 Å². The molecule has 174 valence electrons. The molecule has 1 rings (SSSR count). The Morgan fingerprint density at radius 3 is 2.41 bits per heavy atom. The normalized spacial score (nSPS) is 10.8. The maximum absolute atomic E-state index is 12.1. The molecule has 0 atom stereocenters. The molecular weight excluding hydrogens is 412 g/mol. The standard InChI is InChI=1S/C24H32N2O6/c1-4-6-11-26(12-13-30-15-14-29-3)22-9-7-20(8-10-22)18-21(19-25)24(28)32-17-16-31-23(27)5-2/h5,7-10,18H,2,4,6,11-17H2,1,3H3/b21-18+. The number of carbonyl (C=O) groups is 2. The van der Waals surface area contributed by atoms with E-state index in [-0.39, 0.29) is 18.8 Å². The summed E-state index contributed by atoms with van der Waals surface area (Å²) in [5, 5.41) is 9.29. The summed E-state index contributed by atoms with van der Waals surface area (Å²) in [4.78, 5) is 25.3. The maximum Gasteiger partial charge on any atom is 0.349 e. The summed E-state index contributed by atoms with van der Waals surface area (Å²) in [7, 11) is 1.64. The number of anilines is 1. The van der Waals surface area contributed by atoms with Crippen LogP contribution in [0.4, 0.5) is 5.69 Å². The van der Waals surface area contributed by atoms with Crippen molar-refractivity contribution in [3.05, 3.63) is 48.1 Å². The molecule has 0 spiro atoms. The lowest BCUT2D eigenvalue weighted by Crippen LogP contribution is -2.28. The fourth-order valence-corrected chi connectivity index (χ4v) is 2.64. The van der Waals surface area contributed by atoms with Gasteiger partial charge in [-0.25, -0.2) is 9.59 Å². The second-order valence-electron chi connectivity index (χ2n) is 6.71. The molecule has 0 saturated heterocycles. The van der Waals surface area contributed by atoms with Gasteiger partial charge in [-0.15, -0.1) is 0 Å². The third-order valence-corrected chi connectivity index (χ3v) is 4.36. The van der Waals surface area contributed by atoms with Crippen LogP contribution in [0, 0.1) is 11.3 Å². The highest BCUT2D eigenvalue weighted by Crippen LogP contribution is 2.18. The van der Waals surface area contributed by atoms with Crippen LogP contribution in [-0.2, 0) is 28.5 Å². The van der Waals surface area contributed by atoms with Crippen LogP contribution in [0.25, 0.3) is 6.08 Å². The smallest absolute Gasteiger partial charge is 0.349 e. The highest BCUT2D eigenvalue weighted by Gasteiger charge is 2.12. The molecule has 8 heteroatoms. The van der Waals surface area contributed by atoms with Gasteiger partial charge in [0.05, 0.1) is 19.8 Å². The minimum Gasteiger partial charge on any atom is -0.459 e. The number of benzene rings is 1. The molecule has 0 aliphatic rings. The van der Waals surface area contributed by atoms with Crippen molar-refractivity contribution < 1.29 is 28.5 Å². The second kappa shape index (κ2) is 16.5. The van der Waals surface area contributed by atoms with Crippen LogP contribution in [0.3, 0.4) is 0 Å². The number of unbranched alkanes of at least 4 members (excludes halogenated alkanes) is 1. The van der Waals surface area contributed by atoms with E-state index in [1.807, 2.05) is 30.3 Å². The number of ether oxygens (including phenoxy) is 4. The fraction of sp³-hybridized carbons (Fsp3) is 0.458. The van der Waals surface area contributed by atoms with Crippen molar-refractivity contribution in [2.24, 2.45) is 0 Å². The zero-order chi connectivity index (χ0) is 23.6. The molecule has 0 saturated carbocycles. The van der Waals surface area contributed by atoms with E-state index in [1.54, 1.807) is 7.11 Å². The molecule has 0 N–H and O–H groups in total. The summed E-state index contributed by atoms with van der Waals surface area (Å²) >= 11 is 0. The number of nitriles is 1. The Kier molecular flexibility index (Phi) is 13.9. The van der Waals surface area contributed by atoms with Crippen molar-refractivity contribution in [2.75, 3.05) is 58.1 Å². The molecule has 0 unspecified atom stereocenters. The van der Waals surface area contributed by atoms with Gasteiger partial charge in [-0.05, 0) is 30.2 Å². The van der Waals surface area contributed by atoms with E-state index in [1.165, 1.54) is 6.08 Å². The van der Waals surface area contributed by atoms with Crippen LogP contribution >= 0.6 is 0 Å². The lowest BCUT2D eigenvalue weighted by Gasteiger charge is -2.25. The first-order valence-corrected chi connectivity index (χ1v) is 10.6. The summed E-state index contributed by atoms with van der Waals surface area (Å²) < 4.78 is 20.3. The highest BCUT2D eigenvalue weighted by molar-refractivity contribution is 5.97. The number of nitrogens with zero attached hydrogens (tertiary/aromatic N) is 2. The first-order valence-electron chi connectivity index (χ1n) is 10.6. The Hall–Kier alpha value is -3.15. The average Bonchev–Trinajstić information content (AvgIpc) is 2.82. The quantitative estimate of drug-likeness (QED) is 0.166. The number of hydrogen-bond donors (Lipinski definition) is 0. The summed E-state index contributed by atoms with van der Waals surface area (Å²) in [6, 6.07) is 9.43. The zero-order valence-corrected chi connectivity index (χ0v) is 18.9. The molecule has 0 aliphatic carbocycles. The Bertz CT molecular complexity index is 783. The van der Waals surface area contributed by atoms with Gasteiger partial charge >= 0.3 is 11.9 Å². The SMILES string of the molecule is C=CC(=O)OCCOC(=O)/C(C#N)=C/c1ccc(N(CCCC)CCOCCOC)cc1. The van der Waals surface area contributed by atoms with Gasteiger partial charge in [0.25, 0.3) is 0 Å². The lowest BCUT2D eigenvalue weighted by molar-refractivity contribution is -0.146. The van der Waals surface area contributed by atoms with Crippen LogP contribution in [-0.4, -0.2) is 65.2 Å². The first-order chi connectivity index (χ1) is 15.5. The third-order valence-electron chi connectivity index (χ3n) is 4.36. The Labute approximate surface area is 190 Å². The Balaban J connectivity index is 2.71. The van der Waals surface area contributed by atoms with Crippen LogP contribution < -0.4 is 4.90 Å². The molecule has 0 radical (unpaired) electrons. The Morgan fingerprint density at radius 2 is 1.78 bits per heavy atom. The van der Waals surface area contributed by atoms with Crippen LogP contribution in [0.1, 0.15) is 25.3 Å². The maximum atomic E-state index is 12.1. The van der Waals surface area contributed by atoms with Crippen molar-refractivity contribution in [3.63, 3.8) is 0 Å². The van der Waals surface area contributed by atoms with E-state index in [2.05, 4.69) is 18.4 Å². The second-order valence-corrected chi connectivity index (χ2v) is 6.71. The van der Waals surface area contributed by atoms with Crippen molar-refractivity contribution in [3.8, 4) is 6.07 Å². The largest absolute Gasteiger partial charge is 0.459 e. The van der Waals surface area contributed by atoms with E-state index in [0.717, 1.165) is 37.7 Å². The van der Waals surface area contributed by atoms with Gasteiger partial charge in [0.2, 0.25) is 0 Å². The van der Waals surface area contributed by atoms with Gasteiger partial charge in [0.15, 0.2) is 0 Å². The number of methoxy groups -OCH3 is 1. The topological polar surface area (TPSA) is 98.1 Å². The monoisotopic (exact) mass is 444 g/mol. The number of hydrogen-bond acceptors (Lipinski definition) is 8. The number of carbonyl (C=O) groups excluding carboxylic acids is 2. The van der Waals surface area contributed by atoms with Crippen molar-refractivity contribution in [2.45, 2.75) is 19.8 Å². The van der Waals surface area contributed by atoms with Crippen molar-refractivity contribution in [1.82, 2.24) is 0 Å². The molecule has 0 heterocycles. The highest BCUT2D eigenvalue weighted by atomic mass is 16.6. The van der Waals surface area contributed by atoms with Gasteiger partial charge in [0, 0.05) is 32.0 Å². The number of esters is 2. The van der Waals surface area contributed by atoms with Gasteiger partial charge < -0.3 is 23.8 Å². The Morgan fingerprint density at radius 1 is 1.06 bits per heavy atom. The van der Waals surface area contributed by atoms with E-state index < -0.39 is 11.9 Å². The van der Waals surface area contributed by atoms with Gasteiger partial charge in [-0.3, -0.25) is 0 Å². The lowest BCUT2D eigenvalue weighted by atomic mass is 10.1. The van der Waals surface area contributed by atoms with E-state index in [9.17, 15) is 14.9 Å². The van der Waals surface area contributed by atoms with Crippen LogP contribution in [0.5, 0.6) is 0 Å². The minimum atomic E-state index is -0.774. The molecule has 1 aromatic carbocycles. The van der Waals surface area contributed by atoms with Crippen LogP contribution in [0.15, 0.2) is 42.5 Å². The predicted octanol–water partition coefficient (Wildman–Crippen LogP) is 3.14. The van der Waals surface area contributed by atoms with Crippen molar-refractivity contribution >= 4 is 23.7 Å². The van der Waals surface area contributed by atoms with Gasteiger partial charge in [-0.1, -0.05) is 32.1 Å². The molecule has 1 aromatic rings. The molecule has 32 heavy (non-hydrogen) atoms. The average molecular weight is 445 g/mol. The summed E-state index contributed by atoms with van der Waals surface area (Å²) in [6.07, 6.45) is 4.63. The first kappa shape index (κ1) is 26.9. The number of rotatable bonds is 16. The summed E-state index contributed by atoms with van der Waals surface area (Å²) in [5.41, 5.74) is 1.60. The zero-order valence-electron chi connectivity index (χ0n) is 18.9. The van der Waals surface area contributed by atoms with Crippen molar-refractivity contribution in [1.29, 1.82) is 5.26 Å². The molecular formula is C24H32N2O6. The molecule has 0 amide bonds. The van der Waals surface area contributed by atoms with Crippen LogP contribution in [0.2, 0.25) is 0 Å². The van der Waals surface area contributed by atoms with Gasteiger partial charge in [-0.2, -0.15) is 5.26 Å². The van der Waals surface area contributed by atoms with Gasteiger partial charge in [0.1, 0.15) is 24.9 Å². The fourth-order valence-electron chi connectivity index (χ4n) is 2.64. The third kappa shape index (κ3) is 10.8.